The van der Waals surface area contributed by atoms with E-state index in [0.717, 1.165) is 25.1 Å². The highest BCUT2D eigenvalue weighted by molar-refractivity contribution is 9.10. The van der Waals surface area contributed by atoms with Crippen molar-refractivity contribution in [1.29, 1.82) is 0 Å². The Balaban J connectivity index is 1.76. The van der Waals surface area contributed by atoms with Crippen LogP contribution in [0.2, 0.25) is 0 Å². The van der Waals surface area contributed by atoms with E-state index in [1.165, 1.54) is 6.07 Å². The molecule has 0 atom stereocenters. The Labute approximate surface area is 145 Å². The number of carbonyl (C=O) groups excluding carboxylic acids is 1. The summed E-state index contributed by atoms with van der Waals surface area (Å²) in [6, 6.07) is 4.92. The van der Waals surface area contributed by atoms with Gasteiger partial charge in [-0.3, -0.25) is 0 Å². The van der Waals surface area contributed by atoms with Crippen LogP contribution in [0.5, 0.6) is 0 Å². The molecular formula is C17H24BrFN2O2. The van der Waals surface area contributed by atoms with E-state index in [9.17, 15) is 9.18 Å². The Hall–Kier alpha value is -1.30. The largest absolute Gasteiger partial charge is 0.444 e. The van der Waals surface area contributed by atoms with Crippen molar-refractivity contribution in [2.75, 3.05) is 25.0 Å². The highest BCUT2D eigenvalue weighted by atomic mass is 79.9. The lowest BCUT2D eigenvalue weighted by Gasteiger charge is -2.33. The van der Waals surface area contributed by atoms with E-state index in [1.54, 1.807) is 17.0 Å². The van der Waals surface area contributed by atoms with Crippen LogP contribution in [0.4, 0.5) is 14.9 Å². The molecule has 1 heterocycles. The number of hydrogen-bond acceptors (Lipinski definition) is 3. The number of piperidine rings is 1. The van der Waals surface area contributed by atoms with Gasteiger partial charge in [-0.2, -0.15) is 0 Å². The molecule has 1 saturated heterocycles. The summed E-state index contributed by atoms with van der Waals surface area (Å²) in [5.74, 6) is 0.235. The summed E-state index contributed by atoms with van der Waals surface area (Å²) in [6.07, 6.45) is 1.65. The zero-order valence-corrected chi connectivity index (χ0v) is 15.5. The second kappa shape index (κ2) is 7.51. The van der Waals surface area contributed by atoms with Gasteiger partial charge in [0.05, 0.1) is 4.47 Å². The topological polar surface area (TPSA) is 41.6 Å². The normalized spacial score (nSPS) is 16.3. The molecule has 1 N–H and O–H groups in total. The number of hydrogen-bond donors (Lipinski definition) is 1. The van der Waals surface area contributed by atoms with Gasteiger partial charge in [0, 0.05) is 25.3 Å². The van der Waals surface area contributed by atoms with Crippen molar-refractivity contribution in [2.24, 2.45) is 5.92 Å². The molecule has 6 heteroatoms. The molecule has 1 fully saturated rings. The maximum Gasteiger partial charge on any atom is 0.410 e. The average Bonchev–Trinajstić information content (AvgIpc) is 2.47. The number of carbonyl (C=O) groups is 1. The minimum Gasteiger partial charge on any atom is -0.444 e. The predicted molar refractivity (Wildman–Crippen MR) is 93.1 cm³/mol. The second-order valence-corrected chi connectivity index (χ2v) is 7.77. The number of halogens is 2. The molecule has 1 aliphatic rings. The molecule has 0 bridgehead atoms. The number of anilines is 1. The lowest BCUT2D eigenvalue weighted by atomic mass is 9.97. The standard InChI is InChI=1S/C17H24BrFN2O2/c1-17(2,3)23-16(22)21-8-6-12(7-9-21)11-20-13-4-5-15(19)14(18)10-13/h4-5,10,12,20H,6-9,11H2,1-3H3. The molecule has 4 nitrogen and oxygen atoms in total. The summed E-state index contributed by atoms with van der Waals surface area (Å²) in [6.45, 7) is 7.89. The van der Waals surface area contributed by atoms with Crippen molar-refractivity contribution in [3.8, 4) is 0 Å². The summed E-state index contributed by atoms with van der Waals surface area (Å²) in [4.78, 5) is 13.8. The molecule has 1 aliphatic heterocycles. The molecule has 2 rings (SSSR count). The van der Waals surface area contributed by atoms with Crippen LogP contribution in [0, 0.1) is 11.7 Å². The molecular weight excluding hydrogens is 363 g/mol. The minimum atomic E-state index is -0.453. The van der Waals surface area contributed by atoms with E-state index in [4.69, 9.17) is 4.74 Å². The third-order valence-corrected chi connectivity index (χ3v) is 4.39. The lowest BCUT2D eigenvalue weighted by molar-refractivity contribution is 0.0188. The summed E-state index contributed by atoms with van der Waals surface area (Å²) in [7, 11) is 0. The molecule has 0 unspecified atom stereocenters. The van der Waals surface area contributed by atoms with Gasteiger partial charge in [0.2, 0.25) is 0 Å². The third-order valence-electron chi connectivity index (χ3n) is 3.78. The second-order valence-electron chi connectivity index (χ2n) is 6.92. The Morgan fingerprint density at radius 2 is 2.04 bits per heavy atom. The minimum absolute atomic E-state index is 0.230. The molecule has 128 valence electrons. The van der Waals surface area contributed by atoms with Crippen LogP contribution in [0.15, 0.2) is 22.7 Å². The van der Waals surface area contributed by atoms with Gasteiger partial charge in [-0.25, -0.2) is 9.18 Å². The van der Waals surface area contributed by atoms with Crippen molar-refractivity contribution in [3.05, 3.63) is 28.5 Å². The van der Waals surface area contributed by atoms with E-state index < -0.39 is 5.60 Å². The number of benzene rings is 1. The Morgan fingerprint density at radius 3 is 2.61 bits per heavy atom. The SMILES string of the molecule is CC(C)(C)OC(=O)N1CCC(CNc2ccc(F)c(Br)c2)CC1. The summed E-state index contributed by atoms with van der Waals surface area (Å²) >= 11 is 3.19. The number of rotatable bonds is 3. The quantitative estimate of drug-likeness (QED) is 0.821. The Bertz CT molecular complexity index is 552. The van der Waals surface area contributed by atoms with Gasteiger partial charge < -0.3 is 15.0 Å². The van der Waals surface area contributed by atoms with Crippen molar-refractivity contribution < 1.29 is 13.9 Å². The predicted octanol–water partition coefficient (Wildman–Crippen LogP) is 4.65. The van der Waals surface area contributed by atoms with Crippen molar-refractivity contribution in [2.45, 2.75) is 39.2 Å². The van der Waals surface area contributed by atoms with Crippen LogP contribution >= 0.6 is 15.9 Å². The van der Waals surface area contributed by atoms with Gasteiger partial charge in [-0.05, 0) is 73.7 Å². The van der Waals surface area contributed by atoms with E-state index in [1.807, 2.05) is 20.8 Å². The molecule has 0 saturated carbocycles. The number of likely N-dealkylation sites (tertiary alicyclic amines) is 1. The van der Waals surface area contributed by atoms with E-state index in [-0.39, 0.29) is 11.9 Å². The molecule has 0 spiro atoms. The van der Waals surface area contributed by atoms with Crippen LogP contribution in [-0.4, -0.2) is 36.2 Å². The maximum absolute atomic E-state index is 13.2. The highest BCUT2D eigenvalue weighted by Gasteiger charge is 2.26. The fourth-order valence-electron chi connectivity index (χ4n) is 2.51. The number of nitrogens with zero attached hydrogens (tertiary/aromatic N) is 1. The fraction of sp³-hybridized carbons (Fsp3) is 0.588. The average molecular weight is 387 g/mol. The highest BCUT2D eigenvalue weighted by Crippen LogP contribution is 2.23. The van der Waals surface area contributed by atoms with Gasteiger partial charge in [-0.15, -0.1) is 0 Å². The van der Waals surface area contributed by atoms with Crippen LogP contribution in [-0.2, 0) is 4.74 Å². The van der Waals surface area contributed by atoms with Crippen LogP contribution < -0.4 is 5.32 Å². The first-order chi connectivity index (χ1) is 10.7. The summed E-state index contributed by atoms with van der Waals surface area (Å²) < 4.78 is 19.1. The summed E-state index contributed by atoms with van der Waals surface area (Å²) in [5.41, 5.74) is 0.443. The van der Waals surface area contributed by atoms with Gasteiger partial charge >= 0.3 is 6.09 Å². The molecule has 1 aromatic rings. The molecule has 0 aromatic heterocycles. The van der Waals surface area contributed by atoms with Gasteiger partial charge in [0.1, 0.15) is 11.4 Å². The number of amides is 1. The van der Waals surface area contributed by atoms with Crippen LogP contribution in [0.25, 0.3) is 0 Å². The fourth-order valence-corrected chi connectivity index (χ4v) is 2.89. The van der Waals surface area contributed by atoms with E-state index in [0.29, 0.717) is 23.5 Å². The molecule has 23 heavy (non-hydrogen) atoms. The number of nitrogens with one attached hydrogen (secondary N) is 1. The molecule has 1 aromatic carbocycles. The molecule has 1 amide bonds. The summed E-state index contributed by atoms with van der Waals surface area (Å²) in [5, 5.41) is 3.33. The first kappa shape index (κ1) is 18.0. The molecule has 0 radical (unpaired) electrons. The van der Waals surface area contributed by atoms with Crippen molar-refractivity contribution >= 4 is 27.7 Å². The Kier molecular flexibility index (Phi) is 5.89. The zero-order valence-electron chi connectivity index (χ0n) is 13.9. The van der Waals surface area contributed by atoms with Crippen LogP contribution in [0.1, 0.15) is 33.6 Å². The van der Waals surface area contributed by atoms with E-state index >= 15 is 0 Å². The van der Waals surface area contributed by atoms with Gasteiger partial charge in [0.15, 0.2) is 0 Å². The smallest absolute Gasteiger partial charge is 0.410 e. The number of ether oxygens (including phenoxy) is 1. The lowest BCUT2D eigenvalue weighted by Crippen LogP contribution is -2.42. The monoisotopic (exact) mass is 386 g/mol. The maximum atomic E-state index is 13.2. The van der Waals surface area contributed by atoms with Gasteiger partial charge in [-0.1, -0.05) is 0 Å². The molecule has 0 aliphatic carbocycles. The van der Waals surface area contributed by atoms with Crippen LogP contribution in [0.3, 0.4) is 0 Å². The van der Waals surface area contributed by atoms with Crippen molar-refractivity contribution in [3.63, 3.8) is 0 Å². The zero-order chi connectivity index (χ0) is 17.0. The Morgan fingerprint density at radius 1 is 1.39 bits per heavy atom. The first-order valence-corrected chi connectivity index (χ1v) is 8.71. The first-order valence-electron chi connectivity index (χ1n) is 7.91. The van der Waals surface area contributed by atoms with Gasteiger partial charge in [0.25, 0.3) is 0 Å². The van der Waals surface area contributed by atoms with E-state index in [2.05, 4.69) is 21.2 Å². The van der Waals surface area contributed by atoms with Crippen molar-refractivity contribution in [1.82, 2.24) is 4.90 Å². The third kappa shape index (κ3) is 5.68.